The van der Waals surface area contributed by atoms with Gasteiger partial charge in [-0.1, -0.05) is 45.1 Å². The van der Waals surface area contributed by atoms with E-state index in [0.29, 0.717) is 0 Å². The van der Waals surface area contributed by atoms with Gasteiger partial charge in [-0.15, -0.1) is 0 Å². The fourth-order valence-corrected chi connectivity index (χ4v) is 1.88. The highest BCUT2D eigenvalue weighted by Crippen LogP contribution is 2.21. The van der Waals surface area contributed by atoms with Crippen molar-refractivity contribution in [3.8, 4) is 0 Å². The van der Waals surface area contributed by atoms with Gasteiger partial charge in [0.25, 0.3) is 0 Å². The Labute approximate surface area is 115 Å². The summed E-state index contributed by atoms with van der Waals surface area (Å²) >= 11 is 0. The van der Waals surface area contributed by atoms with Crippen LogP contribution in [0.25, 0.3) is 0 Å². The van der Waals surface area contributed by atoms with E-state index in [1.54, 1.807) is 0 Å². The second-order valence-electron chi connectivity index (χ2n) is 5.86. The standard InChI is InChI=1S/C17H33N/c1-8-15(4)11-13-18(17(6,7)10-3)14-12-16(5)9-2/h4-5,8-14H2,1-3,6-7H3. The maximum Gasteiger partial charge on any atom is 0.0150 e. The molecule has 0 aromatic carbocycles. The summed E-state index contributed by atoms with van der Waals surface area (Å²) in [5.74, 6) is 0. The second-order valence-corrected chi connectivity index (χ2v) is 5.86. The molecule has 0 fully saturated rings. The third kappa shape index (κ3) is 6.39. The SMILES string of the molecule is C=C(CC)CCN(CCC(=C)CC)C(C)(C)CC. The topological polar surface area (TPSA) is 3.24 Å². The molecule has 0 aliphatic rings. The van der Waals surface area contributed by atoms with Crippen LogP contribution in [0, 0.1) is 0 Å². The third-order valence-electron chi connectivity index (χ3n) is 4.19. The van der Waals surface area contributed by atoms with Crippen LogP contribution in [-0.2, 0) is 0 Å². The van der Waals surface area contributed by atoms with Gasteiger partial charge in [0.15, 0.2) is 0 Å². The molecule has 0 radical (unpaired) electrons. The van der Waals surface area contributed by atoms with Gasteiger partial charge in [-0.2, -0.15) is 0 Å². The lowest BCUT2D eigenvalue weighted by atomic mass is 9.97. The highest BCUT2D eigenvalue weighted by Gasteiger charge is 2.23. The normalized spacial score (nSPS) is 11.9. The van der Waals surface area contributed by atoms with Gasteiger partial charge < -0.3 is 0 Å². The number of hydrogen-bond acceptors (Lipinski definition) is 1. The first-order valence-corrected chi connectivity index (χ1v) is 7.45. The van der Waals surface area contributed by atoms with Crippen molar-refractivity contribution in [1.82, 2.24) is 4.90 Å². The molecule has 1 heteroatoms. The van der Waals surface area contributed by atoms with E-state index in [1.165, 1.54) is 17.6 Å². The fraction of sp³-hybridized carbons (Fsp3) is 0.765. The highest BCUT2D eigenvalue weighted by molar-refractivity contribution is 4.97. The van der Waals surface area contributed by atoms with E-state index in [2.05, 4.69) is 52.7 Å². The first kappa shape index (κ1) is 17.4. The Morgan fingerprint density at radius 1 is 0.889 bits per heavy atom. The maximum atomic E-state index is 4.12. The predicted molar refractivity (Wildman–Crippen MR) is 84.0 cm³/mol. The van der Waals surface area contributed by atoms with Gasteiger partial charge in [0.1, 0.15) is 0 Å². The van der Waals surface area contributed by atoms with Crippen molar-refractivity contribution in [1.29, 1.82) is 0 Å². The van der Waals surface area contributed by atoms with E-state index in [-0.39, 0.29) is 5.54 Å². The van der Waals surface area contributed by atoms with Gasteiger partial charge in [-0.3, -0.25) is 4.90 Å². The van der Waals surface area contributed by atoms with E-state index in [4.69, 9.17) is 0 Å². The summed E-state index contributed by atoms with van der Waals surface area (Å²) < 4.78 is 0. The Hall–Kier alpha value is -0.560. The average molecular weight is 251 g/mol. The molecule has 106 valence electrons. The van der Waals surface area contributed by atoms with Gasteiger partial charge in [-0.05, 0) is 46.0 Å². The zero-order valence-electron chi connectivity index (χ0n) is 13.3. The molecule has 0 atom stereocenters. The molecular formula is C17H33N. The van der Waals surface area contributed by atoms with Crippen molar-refractivity contribution in [2.24, 2.45) is 0 Å². The van der Waals surface area contributed by atoms with Gasteiger partial charge in [0.05, 0.1) is 0 Å². The van der Waals surface area contributed by atoms with Crippen molar-refractivity contribution >= 4 is 0 Å². The molecule has 0 saturated heterocycles. The molecule has 0 saturated carbocycles. The Morgan fingerprint density at radius 3 is 1.56 bits per heavy atom. The van der Waals surface area contributed by atoms with Gasteiger partial charge >= 0.3 is 0 Å². The summed E-state index contributed by atoms with van der Waals surface area (Å²) in [5.41, 5.74) is 3.00. The molecule has 0 N–H and O–H groups in total. The lowest BCUT2D eigenvalue weighted by Gasteiger charge is -2.38. The molecule has 0 aliphatic heterocycles. The van der Waals surface area contributed by atoms with Crippen LogP contribution >= 0.6 is 0 Å². The summed E-state index contributed by atoms with van der Waals surface area (Å²) in [5, 5.41) is 0. The molecular weight excluding hydrogens is 218 g/mol. The van der Waals surface area contributed by atoms with E-state index in [9.17, 15) is 0 Å². The van der Waals surface area contributed by atoms with Crippen molar-refractivity contribution in [3.05, 3.63) is 24.3 Å². The van der Waals surface area contributed by atoms with Crippen LogP contribution in [0.2, 0.25) is 0 Å². The summed E-state index contributed by atoms with van der Waals surface area (Å²) in [6.07, 6.45) is 5.63. The lowest BCUT2D eigenvalue weighted by Crippen LogP contribution is -2.44. The minimum Gasteiger partial charge on any atom is -0.298 e. The summed E-state index contributed by atoms with van der Waals surface area (Å²) in [6, 6.07) is 0. The van der Waals surface area contributed by atoms with Crippen LogP contribution in [0.4, 0.5) is 0 Å². The van der Waals surface area contributed by atoms with Crippen molar-refractivity contribution in [2.75, 3.05) is 13.1 Å². The predicted octanol–water partition coefficient (Wildman–Crippen LogP) is 5.19. The number of hydrogen-bond donors (Lipinski definition) is 0. The number of nitrogens with zero attached hydrogens (tertiary/aromatic N) is 1. The van der Waals surface area contributed by atoms with Crippen LogP contribution in [0.3, 0.4) is 0 Å². The molecule has 0 bridgehead atoms. The lowest BCUT2D eigenvalue weighted by molar-refractivity contribution is 0.118. The number of rotatable bonds is 10. The van der Waals surface area contributed by atoms with Crippen LogP contribution in [0.5, 0.6) is 0 Å². The molecule has 1 nitrogen and oxygen atoms in total. The van der Waals surface area contributed by atoms with Crippen LogP contribution in [-0.4, -0.2) is 23.5 Å². The summed E-state index contributed by atoms with van der Waals surface area (Å²) in [4.78, 5) is 2.61. The van der Waals surface area contributed by atoms with Crippen molar-refractivity contribution < 1.29 is 0 Å². The van der Waals surface area contributed by atoms with Crippen LogP contribution in [0.1, 0.15) is 66.7 Å². The van der Waals surface area contributed by atoms with Gasteiger partial charge in [0.2, 0.25) is 0 Å². The molecule has 0 unspecified atom stereocenters. The minimum atomic E-state index is 0.280. The first-order valence-electron chi connectivity index (χ1n) is 7.45. The quantitative estimate of drug-likeness (QED) is 0.483. The average Bonchev–Trinajstić information content (AvgIpc) is 2.37. The van der Waals surface area contributed by atoms with Crippen LogP contribution < -0.4 is 0 Å². The Kier molecular flexibility index (Phi) is 8.26. The molecule has 0 amide bonds. The zero-order valence-corrected chi connectivity index (χ0v) is 13.3. The minimum absolute atomic E-state index is 0.280. The first-order chi connectivity index (χ1) is 8.37. The van der Waals surface area contributed by atoms with Crippen molar-refractivity contribution in [2.45, 2.75) is 72.3 Å². The highest BCUT2D eigenvalue weighted by atomic mass is 15.2. The molecule has 18 heavy (non-hydrogen) atoms. The molecule has 0 aromatic rings. The van der Waals surface area contributed by atoms with Crippen molar-refractivity contribution in [3.63, 3.8) is 0 Å². The van der Waals surface area contributed by atoms with Gasteiger partial charge in [0, 0.05) is 18.6 Å². The molecule has 0 aromatic heterocycles. The molecule has 0 aliphatic carbocycles. The molecule has 0 heterocycles. The van der Waals surface area contributed by atoms with E-state index in [0.717, 1.165) is 38.8 Å². The zero-order chi connectivity index (χ0) is 14.2. The molecule has 0 spiro atoms. The van der Waals surface area contributed by atoms with Crippen LogP contribution in [0.15, 0.2) is 24.3 Å². The largest absolute Gasteiger partial charge is 0.298 e. The van der Waals surface area contributed by atoms with Gasteiger partial charge in [-0.25, -0.2) is 0 Å². The fourth-order valence-electron chi connectivity index (χ4n) is 1.88. The monoisotopic (exact) mass is 251 g/mol. The summed E-state index contributed by atoms with van der Waals surface area (Å²) in [7, 11) is 0. The Balaban J connectivity index is 4.43. The van der Waals surface area contributed by atoms with E-state index in [1.807, 2.05) is 0 Å². The molecule has 0 rings (SSSR count). The third-order valence-corrected chi connectivity index (χ3v) is 4.19. The Morgan fingerprint density at radius 2 is 1.28 bits per heavy atom. The smallest absolute Gasteiger partial charge is 0.0150 e. The summed E-state index contributed by atoms with van der Waals surface area (Å²) in [6.45, 7) is 21.8. The Bertz CT molecular complexity index is 243. The van der Waals surface area contributed by atoms with E-state index < -0.39 is 0 Å². The van der Waals surface area contributed by atoms with E-state index >= 15 is 0 Å². The maximum absolute atomic E-state index is 4.12. The second kappa shape index (κ2) is 8.53.